The smallest absolute Gasteiger partial charge is 0.133 e. The van der Waals surface area contributed by atoms with Gasteiger partial charge in [-0.2, -0.15) is 0 Å². The van der Waals surface area contributed by atoms with E-state index in [9.17, 15) is 5.11 Å². The lowest BCUT2D eigenvalue weighted by Gasteiger charge is -2.29. The third-order valence-corrected chi connectivity index (χ3v) is 3.89. The van der Waals surface area contributed by atoms with Gasteiger partial charge in [0.2, 0.25) is 0 Å². The molecule has 1 aliphatic rings. The van der Waals surface area contributed by atoms with Gasteiger partial charge < -0.3 is 9.84 Å². The quantitative estimate of drug-likeness (QED) is 0.919. The zero-order valence-corrected chi connectivity index (χ0v) is 12.5. The van der Waals surface area contributed by atoms with E-state index in [1.165, 1.54) is 0 Å². The number of likely N-dealkylation sites (tertiary alicyclic amines) is 1. The molecule has 1 aromatic rings. The Morgan fingerprint density at radius 2 is 2.33 bits per heavy atom. The van der Waals surface area contributed by atoms with Crippen molar-refractivity contribution in [2.45, 2.75) is 18.9 Å². The maximum atomic E-state index is 9.57. The van der Waals surface area contributed by atoms with Crippen LogP contribution in [0, 0.1) is 0 Å². The molecule has 18 heavy (non-hydrogen) atoms. The number of aliphatic hydroxyl groups excluding tert-OH is 1. The summed E-state index contributed by atoms with van der Waals surface area (Å²) in [4.78, 5) is 2.23. The van der Waals surface area contributed by atoms with Gasteiger partial charge in [0.05, 0.1) is 10.6 Å². The van der Waals surface area contributed by atoms with Crippen LogP contribution in [0.3, 0.4) is 0 Å². The van der Waals surface area contributed by atoms with Gasteiger partial charge in [0, 0.05) is 18.1 Å². The van der Waals surface area contributed by atoms with Crippen LogP contribution in [0.25, 0.3) is 0 Å². The molecule has 0 radical (unpaired) electrons. The summed E-state index contributed by atoms with van der Waals surface area (Å²) in [5, 5.41) is 10.3. The number of rotatable bonds is 4. The lowest BCUT2D eigenvalue weighted by molar-refractivity contribution is 0.0632. The molecular formula is C13H17BrClNO2. The molecule has 5 heteroatoms. The Morgan fingerprint density at radius 3 is 3.06 bits per heavy atom. The highest BCUT2D eigenvalue weighted by atomic mass is 79.9. The summed E-state index contributed by atoms with van der Waals surface area (Å²) in [6.07, 6.45) is 1.80. The molecule has 2 rings (SSSR count). The molecule has 3 nitrogen and oxygen atoms in total. The molecule has 1 N–H and O–H groups in total. The molecule has 1 aromatic carbocycles. The SMILES string of the molecule is O[C@H]1CCCN(CCOc2ccc(Cl)cc2Br)C1. The highest BCUT2D eigenvalue weighted by molar-refractivity contribution is 9.10. The zero-order valence-electron chi connectivity index (χ0n) is 10.1. The van der Waals surface area contributed by atoms with Crippen LogP contribution in [0.4, 0.5) is 0 Å². The third-order valence-electron chi connectivity index (χ3n) is 3.04. The van der Waals surface area contributed by atoms with Crippen molar-refractivity contribution in [3.05, 3.63) is 27.7 Å². The standard InChI is InChI=1S/C13H17BrClNO2/c14-12-8-10(15)3-4-13(12)18-7-6-16-5-1-2-11(17)9-16/h3-4,8,11,17H,1-2,5-7,9H2/t11-/m0/s1. The first-order valence-corrected chi connectivity index (χ1v) is 7.30. The summed E-state index contributed by atoms with van der Waals surface area (Å²) < 4.78 is 6.57. The predicted octanol–water partition coefficient (Wildman–Crippen LogP) is 2.94. The fraction of sp³-hybridized carbons (Fsp3) is 0.538. The second kappa shape index (κ2) is 6.75. The van der Waals surface area contributed by atoms with Crippen LogP contribution in [0.15, 0.2) is 22.7 Å². The minimum atomic E-state index is -0.180. The topological polar surface area (TPSA) is 32.7 Å². The Labute approximate surface area is 121 Å². The largest absolute Gasteiger partial charge is 0.491 e. The highest BCUT2D eigenvalue weighted by Gasteiger charge is 2.17. The number of ether oxygens (including phenoxy) is 1. The number of hydrogen-bond donors (Lipinski definition) is 1. The first-order valence-electron chi connectivity index (χ1n) is 6.13. The molecule has 1 fully saturated rings. The van der Waals surface area contributed by atoms with Crippen molar-refractivity contribution in [1.29, 1.82) is 0 Å². The van der Waals surface area contributed by atoms with Crippen molar-refractivity contribution in [2.24, 2.45) is 0 Å². The van der Waals surface area contributed by atoms with Gasteiger partial charge in [-0.3, -0.25) is 4.90 Å². The van der Waals surface area contributed by atoms with E-state index in [-0.39, 0.29) is 6.10 Å². The summed E-state index contributed by atoms with van der Waals surface area (Å²) in [6.45, 7) is 3.26. The minimum Gasteiger partial charge on any atom is -0.491 e. The van der Waals surface area contributed by atoms with E-state index < -0.39 is 0 Å². The molecule has 0 aromatic heterocycles. The lowest BCUT2D eigenvalue weighted by atomic mass is 10.1. The monoisotopic (exact) mass is 333 g/mol. The first-order chi connectivity index (χ1) is 8.65. The molecule has 1 atom stereocenters. The van der Waals surface area contributed by atoms with Crippen molar-refractivity contribution in [3.8, 4) is 5.75 Å². The lowest BCUT2D eigenvalue weighted by Crippen LogP contribution is -2.40. The Kier molecular flexibility index (Phi) is 5.30. The summed E-state index contributed by atoms with van der Waals surface area (Å²) >= 11 is 9.29. The highest BCUT2D eigenvalue weighted by Crippen LogP contribution is 2.27. The summed E-state index contributed by atoms with van der Waals surface area (Å²) in [6, 6.07) is 5.49. The van der Waals surface area contributed by atoms with Gasteiger partial charge >= 0.3 is 0 Å². The van der Waals surface area contributed by atoms with E-state index in [4.69, 9.17) is 16.3 Å². The fourth-order valence-corrected chi connectivity index (χ4v) is 2.91. The molecule has 0 saturated carbocycles. The number of aliphatic hydroxyl groups is 1. The Hall–Kier alpha value is -0.290. The number of piperidine rings is 1. The maximum absolute atomic E-state index is 9.57. The van der Waals surface area contributed by atoms with Crippen molar-refractivity contribution >= 4 is 27.5 Å². The average molecular weight is 335 g/mol. The summed E-state index contributed by atoms with van der Waals surface area (Å²) in [7, 11) is 0. The van der Waals surface area contributed by atoms with Gasteiger partial charge in [-0.25, -0.2) is 0 Å². The molecule has 1 heterocycles. The zero-order chi connectivity index (χ0) is 13.0. The average Bonchev–Trinajstić information content (AvgIpc) is 2.32. The fourth-order valence-electron chi connectivity index (χ4n) is 2.11. The number of β-amino-alcohol motifs (C(OH)–C–C–N with tert-alkyl or cyclic N) is 1. The second-order valence-corrected chi connectivity index (χ2v) is 5.81. The summed E-state index contributed by atoms with van der Waals surface area (Å²) in [5.74, 6) is 0.803. The molecular weight excluding hydrogens is 318 g/mol. The van der Waals surface area contributed by atoms with Crippen LogP contribution >= 0.6 is 27.5 Å². The molecule has 0 spiro atoms. The van der Waals surface area contributed by atoms with Gasteiger partial charge in [-0.05, 0) is 53.5 Å². The van der Waals surface area contributed by atoms with Crippen LogP contribution in [-0.2, 0) is 0 Å². The molecule has 0 aliphatic carbocycles. The summed E-state index contributed by atoms with van der Waals surface area (Å²) in [5.41, 5.74) is 0. The van der Waals surface area contributed by atoms with Crippen molar-refractivity contribution < 1.29 is 9.84 Å². The Bertz CT molecular complexity index is 403. The van der Waals surface area contributed by atoms with Crippen LogP contribution in [0.2, 0.25) is 5.02 Å². The minimum absolute atomic E-state index is 0.180. The van der Waals surface area contributed by atoms with Gasteiger partial charge in [0.25, 0.3) is 0 Å². The molecule has 0 amide bonds. The van der Waals surface area contributed by atoms with Gasteiger partial charge in [0.1, 0.15) is 12.4 Å². The van der Waals surface area contributed by atoms with E-state index in [1.807, 2.05) is 18.2 Å². The van der Waals surface area contributed by atoms with Gasteiger partial charge in [0.15, 0.2) is 0 Å². The van der Waals surface area contributed by atoms with E-state index in [0.717, 1.165) is 42.7 Å². The van der Waals surface area contributed by atoms with Crippen molar-refractivity contribution in [2.75, 3.05) is 26.2 Å². The molecule has 100 valence electrons. The maximum Gasteiger partial charge on any atom is 0.133 e. The molecule has 1 aliphatic heterocycles. The van der Waals surface area contributed by atoms with Crippen molar-refractivity contribution in [3.63, 3.8) is 0 Å². The van der Waals surface area contributed by atoms with E-state index in [0.29, 0.717) is 11.6 Å². The van der Waals surface area contributed by atoms with Crippen molar-refractivity contribution in [1.82, 2.24) is 4.90 Å². The second-order valence-electron chi connectivity index (χ2n) is 4.52. The van der Waals surface area contributed by atoms with Gasteiger partial charge in [-0.1, -0.05) is 11.6 Å². The Balaban J connectivity index is 1.77. The Morgan fingerprint density at radius 1 is 1.50 bits per heavy atom. The van der Waals surface area contributed by atoms with E-state index >= 15 is 0 Å². The van der Waals surface area contributed by atoms with E-state index in [2.05, 4.69) is 20.8 Å². The van der Waals surface area contributed by atoms with Crippen LogP contribution in [0.1, 0.15) is 12.8 Å². The number of benzene rings is 1. The molecule has 0 unspecified atom stereocenters. The number of hydrogen-bond acceptors (Lipinski definition) is 3. The predicted molar refractivity (Wildman–Crippen MR) is 76.3 cm³/mol. The first kappa shape index (κ1) is 14.1. The third kappa shape index (κ3) is 4.12. The van der Waals surface area contributed by atoms with Crippen LogP contribution in [0.5, 0.6) is 5.75 Å². The molecule has 0 bridgehead atoms. The number of halogens is 2. The van der Waals surface area contributed by atoms with Gasteiger partial charge in [-0.15, -0.1) is 0 Å². The molecule has 1 saturated heterocycles. The van der Waals surface area contributed by atoms with Crippen LogP contribution < -0.4 is 4.74 Å². The normalized spacial score (nSPS) is 20.9. The van der Waals surface area contributed by atoms with Crippen LogP contribution in [-0.4, -0.2) is 42.4 Å². The van der Waals surface area contributed by atoms with E-state index in [1.54, 1.807) is 0 Å². The number of nitrogens with zero attached hydrogens (tertiary/aromatic N) is 1.